The van der Waals surface area contributed by atoms with Gasteiger partial charge in [-0.25, -0.2) is 4.79 Å². The van der Waals surface area contributed by atoms with Crippen LogP contribution in [-0.2, 0) is 11.3 Å². The average molecular weight is 312 g/mol. The molecule has 0 aliphatic heterocycles. The number of carbonyl (C=O) groups is 1. The highest BCUT2D eigenvalue weighted by atomic mass is 16.5. The highest BCUT2D eigenvalue weighted by Gasteiger charge is 2.14. The number of anilines is 2. The lowest BCUT2D eigenvalue weighted by molar-refractivity contribution is 0.0460. The molecule has 23 heavy (non-hydrogen) atoms. The van der Waals surface area contributed by atoms with Crippen molar-refractivity contribution in [2.24, 2.45) is 0 Å². The smallest absolute Gasteiger partial charge is 0.344 e. The van der Waals surface area contributed by atoms with Gasteiger partial charge in [0.2, 0.25) is 11.9 Å². The second kappa shape index (κ2) is 5.72. The highest BCUT2D eigenvalue weighted by molar-refractivity contribution is 5.93. The standard InChI is InChI=1S/C14H12N6O3/c15-13-18-10(19-14(16)20-13)6-23-12(22)8-5-7-3-1-2-4-9(7)17-11(8)21/h1-5H,6H2,(H,17,21)(H4,15,16,18,19,20). The number of rotatable bonds is 3. The van der Waals surface area contributed by atoms with Crippen LogP contribution in [0.2, 0.25) is 0 Å². The Kier molecular flexibility index (Phi) is 3.59. The first-order valence-electron chi connectivity index (χ1n) is 6.58. The first-order chi connectivity index (χ1) is 11.0. The van der Waals surface area contributed by atoms with E-state index >= 15 is 0 Å². The first kappa shape index (κ1) is 14.4. The number of ether oxygens (including phenoxy) is 1. The third-order valence-corrected chi connectivity index (χ3v) is 3.02. The van der Waals surface area contributed by atoms with Gasteiger partial charge in [0.25, 0.3) is 5.56 Å². The number of nitrogens with zero attached hydrogens (tertiary/aromatic N) is 3. The minimum atomic E-state index is -0.797. The average Bonchev–Trinajstić information content (AvgIpc) is 2.51. The van der Waals surface area contributed by atoms with Gasteiger partial charge in [-0.2, -0.15) is 15.0 Å². The van der Waals surface area contributed by atoms with Crippen molar-refractivity contribution < 1.29 is 9.53 Å². The molecule has 9 heteroatoms. The van der Waals surface area contributed by atoms with Crippen molar-refractivity contribution >= 4 is 28.8 Å². The maximum atomic E-state index is 12.1. The monoisotopic (exact) mass is 312 g/mol. The van der Waals surface area contributed by atoms with Crippen molar-refractivity contribution in [3.05, 3.63) is 52.1 Å². The summed E-state index contributed by atoms with van der Waals surface area (Å²) in [5, 5.41) is 0.715. The van der Waals surface area contributed by atoms with Gasteiger partial charge in [0.05, 0.1) is 0 Å². The fraction of sp³-hybridized carbons (Fsp3) is 0.0714. The van der Waals surface area contributed by atoms with Crippen LogP contribution in [0.5, 0.6) is 0 Å². The number of hydrogen-bond acceptors (Lipinski definition) is 8. The molecule has 0 aliphatic carbocycles. The van der Waals surface area contributed by atoms with Crippen molar-refractivity contribution in [3.8, 4) is 0 Å². The van der Waals surface area contributed by atoms with Crippen molar-refractivity contribution in [2.45, 2.75) is 6.61 Å². The van der Waals surface area contributed by atoms with Crippen molar-refractivity contribution in [3.63, 3.8) is 0 Å². The van der Waals surface area contributed by atoms with Gasteiger partial charge < -0.3 is 21.2 Å². The minimum Gasteiger partial charge on any atom is -0.454 e. The van der Waals surface area contributed by atoms with Gasteiger partial charge in [0, 0.05) is 5.52 Å². The van der Waals surface area contributed by atoms with Crippen molar-refractivity contribution in [1.82, 2.24) is 19.9 Å². The molecule has 0 bridgehead atoms. The van der Waals surface area contributed by atoms with Crippen LogP contribution < -0.4 is 17.0 Å². The zero-order valence-corrected chi connectivity index (χ0v) is 11.8. The number of para-hydroxylation sites is 1. The molecule has 0 radical (unpaired) electrons. The maximum Gasteiger partial charge on any atom is 0.344 e. The van der Waals surface area contributed by atoms with Crippen LogP contribution in [0.4, 0.5) is 11.9 Å². The minimum absolute atomic E-state index is 0.0768. The summed E-state index contributed by atoms with van der Waals surface area (Å²) in [6.45, 7) is -0.276. The summed E-state index contributed by atoms with van der Waals surface area (Å²) in [6, 6.07) is 8.56. The second-order valence-electron chi connectivity index (χ2n) is 4.64. The molecule has 0 aliphatic rings. The van der Waals surface area contributed by atoms with Gasteiger partial charge >= 0.3 is 5.97 Å². The van der Waals surface area contributed by atoms with E-state index in [0.29, 0.717) is 10.9 Å². The van der Waals surface area contributed by atoms with Crippen LogP contribution in [-0.4, -0.2) is 25.9 Å². The molecule has 0 fully saturated rings. The van der Waals surface area contributed by atoms with E-state index in [9.17, 15) is 9.59 Å². The largest absolute Gasteiger partial charge is 0.454 e. The number of aromatic nitrogens is 4. The van der Waals surface area contributed by atoms with Crippen LogP contribution >= 0.6 is 0 Å². The zero-order chi connectivity index (χ0) is 16.4. The van der Waals surface area contributed by atoms with E-state index in [4.69, 9.17) is 16.2 Å². The van der Waals surface area contributed by atoms with Gasteiger partial charge in [-0.1, -0.05) is 18.2 Å². The molecule has 0 saturated carbocycles. The summed E-state index contributed by atoms with van der Waals surface area (Å²) < 4.78 is 5.03. The normalized spacial score (nSPS) is 10.6. The predicted molar refractivity (Wildman–Crippen MR) is 82.3 cm³/mol. The lowest BCUT2D eigenvalue weighted by Crippen LogP contribution is -2.20. The number of aromatic amines is 1. The third kappa shape index (κ3) is 3.07. The Morgan fingerprint density at radius 1 is 1.13 bits per heavy atom. The fourth-order valence-corrected chi connectivity index (χ4v) is 2.03. The summed E-state index contributed by atoms with van der Waals surface area (Å²) >= 11 is 0. The molecule has 3 aromatic rings. The second-order valence-corrected chi connectivity index (χ2v) is 4.64. The Hall–Kier alpha value is -3.49. The summed E-state index contributed by atoms with van der Waals surface area (Å²) in [7, 11) is 0. The van der Waals surface area contributed by atoms with Crippen LogP contribution in [0, 0.1) is 0 Å². The van der Waals surface area contributed by atoms with E-state index in [1.165, 1.54) is 6.07 Å². The number of pyridine rings is 1. The van der Waals surface area contributed by atoms with Crippen LogP contribution in [0.15, 0.2) is 35.1 Å². The number of benzene rings is 1. The summed E-state index contributed by atoms with van der Waals surface area (Å²) in [6.07, 6.45) is 0. The maximum absolute atomic E-state index is 12.1. The van der Waals surface area contributed by atoms with Gasteiger partial charge in [-0.05, 0) is 17.5 Å². The summed E-state index contributed by atoms with van der Waals surface area (Å²) in [4.78, 5) is 37.8. The van der Waals surface area contributed by atoms with Crippen molar-refractivity contribution in [1.29, 1.82) is 0 Å². The van der Waals surface area contributed by atoms with Gasteiger partial charge in [-0.3, -0.25) is 4.79 Å². The molecule has 5 N–H and O–H groups in total. The Bertz CT molecular complexity index is 932. The summed E-state index contributed by atoms with van der Waals surface area (Å²) in [5.41, 5.74) is 10.8. The number of fused-ring (bicyclic) bond motifs is 1. The highest BCUT2D eigenvalue weighted by Crippen LogP contribution is 2.11. The molecular formula is C14H12N6O3. The van der Waals surface area contributed by atoms with E-state index in [0.717, 1.165) is 0 Å². The van der Waals surface area contributed by atoms with Crippen molar-refractivity contribution in [2.75, 3.05) is 11.5 Å². The Morgan fingerprint density at radius 3 is 2.57 bits per heavy atom. The Balaban J connectivity index is 1.83. The quantitative estimate of drug-likeness (QED) is 0.582. The first-order valence-corrected chi connectivity index (χ1v) is 6.58. The van der Waals surface area contributed by atoms with E-state index in [1.54, 1.807) is 24.3 Å². The number of carbonyl (C=O) groups excluding carboxylic acids is 1. The van der Waals surface area contributed by atoms with Crippen LogP contribution in [0.25, 0.3) is 10.9 Å². The molecule has 2 aromatic heterocycles. The molecule has 1 aromatic carbocycles. The number of H-pyrrole nitrogens is 1. The molecule has 0 unspecified atom stereocenters. The number of esters is 1. The number of nitrogen functional groups attached to an aromatic ring is 2. The lowest BCUT2D eigenvalue weighted by Gasteiger charge is -2.05. The molecule has 0 saturated heterocycles. The van der Waals surface area contributed by atoms with E-state index in [-0.39, 0.29) is 29.9 Å². The number of nitrogens with one attached hydrogen (secondary N) is 1. The summed E-state index contributed by atoms with van der Waals surface area (Å²) in [5.74, 6) is -0.852. The molecular weight excluding hydrogens is 300 g/mol. The molecule has 0 amide bonds. The van der Waals surface area contributed by atoms with Crippen LogP contribution in [0.1, 0.15) is 16.2 Å². The molecule has 116 valence electrons. The van der Waals surface area contributed by atoms with E-state index in [2.05, 4.69) is 19.9 Å². The van der Waals surface area contributed by atoms with Gasteiger partial charge in [-0.15, -0.1) is 0 Å². The van der Waals surface area contributed by atoms with Gasteiger partial charge in [0.1, 0.15) is 5.56 Å². The van der Waals surface area contributed by atoms with Gasteiger partial charge in [0.15, 0.2) is 12.4 Å². The molecule has 3 rings (SSSR count). The zero-order valence-electron chi connectivity index (χ0n) is 11.8. The Labute approximate surface area is 129 Å². The molecule has 0 spiro atoms. The molecule has 9 nitrogen and oxygen atoms in total. The predicted octanol–water partition coefficient (Wildman–Crippen LogP) is 0.234. The Morgan fingerprint density at radius 2 is 1.83 bits per heavy atom. The lowest BCUT2D eigenvalue weighted by atomic mass is 10.1. The third-order valence-electron chi connectivity index (χ3n) is 3.02. The molecule has 2 heterocycles. The SMILES string of the molecule is Nc1nc(N)nc(COC(=O)c2cc3ccccc3[nH]c2=O)n1. The number of hydrogen-bond donors (Lipinski definition) is 3. The van der Waals surface area contributed by atoms with E-state index in [1.807, 2.05) is 0 Å². The van der Waals surface area contributed by atoms with E-state index < -0.39 is 11.5 Å². The molecule has 0 atom stereocenters. The fourth-order valence-electron chi connectivity index (χ4n) is 2.03. The number of nitrogens with two attached hydrogens (primary N) is 2. The van der Waals surface area contributed by atoms with Crippen LogP contribution in [0.3, 0.4) is 0 Å². The topological polar surface area (TPSA) is 150 Å².